The molecular formula is C16H19N5. The fraction of sp³-hybridized carbons (Fsp3) is 0.500. The van der Waals surface area contributed by atoms with E-state index < -0.39 is 0 Å². The second-order valence-corrected chi connectivity index (χ2v) is 5.35. The zero-order valence-electron chi connectivity index (χ0n) is 12.6. The summed E-state index contributed by atoms with van der Waals surface area (Å²) in [6.45, 7) is 4.08. The molecule has 5 nitrogen and oxygen atoms in total. The summed E-state index contributed by atoms with van der Waals surface area (Å²) in [5, 5.41) is 14.0. The molecule has 0 fully saturated rings. The molecule has 3 rings (SSSR count). The predicted octanol–water partition coefficient (Wildman–Crippen LogP) is 2.54. The van der Waals surface area contributed by atoms with Crippen molar-refractivity contribution in [3.63, 3.8) is 0 Å². The van der Waals surface area contributed by atoms with Crippen molar-refractivity contribution in [1.82, 2.24) is 19.7 Å². The summed E-state index contributed by atoms with van der Waals surface area (Å²) in [5.41, 5.74) is 2.93. The number of hydrogen-bond donors (Lipinski definition) is 0. The summed E-state index contributed by atoms with van der Waals surface area (Å²) < 4.78 is 1.76. The van der Waals surface area contributed by atoms with Crippen LogP contribution in [0.15, 0.2) is 6.07 Å². The maximum Gasteiger partial charge on any atom is 0.173 e. The van der Waals surface area contributed by atoms with E-state index in [2.05, 4.69) is 16.2 Å². The minimum absolute atomic E-state index is 0.595. The monoisotopic (exact) mass is 281 g/mol. The number of nitrogens with zero attached hydrogens (tertiary/aromatic N) is 5. The van der Waals surface area contributed by atoms with Gasteiger partial charge in [0.15, 0.2) is 11.6 Å². The Morgan fingerprint density at radius 1 is 1.19 bits per heavy atom. The minimum Gasteiger partial charge on any atom is -0.232 e. The van der Waals surface area contributed by atoms with Crippen molar-refractivity contribution in [2.24, 2.45) is 0 Å². The maximum atomic E-state index is 9.46. The first-order valence-electron chi connectivity index (χ1n) is 7.64. The Morgan fingerprint density at radius 3 is 2.71 bits per heavy atom. The van der Waals surface area contributed by atoms with Crippen LogP contribution >= 0.6 is 0 Å². The van der Waals surface area contributed by atoms with Gasteiger partial charge in [-0.3, -0.25) is 0 Å². The normalized spacial score (nSPS) is 13.8. The smallest absolute Gasteiger partial charge is 0.173 e. The summed E-state index contributed by atoms with van der Waals surface area (Å²) in [4.78, 5) is 9.26. The fourth-order valence-corrected chi connectivity index (χ4v) is 2.81. The van der Waals surface area contributed by atoms with Gasteiger partial charge in [-0.15, -0.1) is 5.10 Å². The summed E-state index contributed by atoms with van der Waals surface area (Å²) in [6, 6.07) is 4.26. The Morgan fingerprint density at radius 2 is 2.00 bits per heavy atom. The molecule has 0 bridgehead atoms. The molecular weight excluding hydrogens is 262 g/mol. The van der Waals surface area contributed by atoms with E-state index in [9.17, 15) is 5.26 Å². The second-order valence-electron chi connectivity index (χ2n) is 5.35. The van der Waals surface area contributed by atoms with Crippen LogP contribution in [0, 0.1) is 11.3 Å². The van der Waals surface area contributed by atoms with Gasteiger partial charge in [-0.25, -0.2) is 9.97 Å². The van der Waals surface area contributed by atoms with Crippen LogP contribution in [0.4, 0.5) is 0 Å². The highest BCUT2D eigenvalue weighted by Gasteiger charge is 2.19. The maximum absolute atomic E-state index is 9.46. The summed E-state index contributed by atoms with van der Waals surface area (Å²) in [6.07, 6.45) is 5.93. The van der Waals surface area contributed by atoms with Crippen LogP contribution in [-0.4, -0.2) is 19.7 Å². The van der Waals surface area contributed by atoms with Crippen LogP contribution in [0.3, 0.4) is 0 Å². The van der Waals surface area contributed by atoms with Gasteiger partial charge in [-0.05, 0) is 37.3 Å². The van der Waals surface area contributed by atoms with Gasteiger partial charge in [0.2, 0.25) is 0 Å². The van der Waals surface area contributed by atoms with Gasteiger partial charge >= 0.3 is 0 Å². The van der Waals surface area contributed by atoms with E-state index in [1.54, 1.807) is 4.68 Å². The van der Waals surface area contributed by atoms with Crippen molar-refractivity contribution in [3.05, 3.63) is 34.5 Å². The summed E-state index contributed by atoms with van der Waals surface area (Å²) in [7, 11) is 0. The SMILES string of the molecule is CCc1nc(CC)n(-c2nc3c(cc2C#N)CCCC3)n1. The van der Waals surface area contributed by atoms with Crippen molar-refractivity contribution < 1.29 is 0 Å². The van der Waals surface area contributed by atoms with Crippen LogP contribution in [0.1, 0.15) is 55.2 Å². The van der Waals surface area contributed by atoms with Crippen LogP contribution in [-0.2, 0) is 25.7 Å². The first-order valence-corrected chi connectivity index (χ1v) is 7.64. The molecule has 108 valence electrons. The average molecular weight is 281 g/mol. The molecule has 0 aromatic carbocycles. The van der Waals surface area contributed by atoms with Gasteiger partial charge in [0.25, 0.3) is 0 Å². The van der Waals surface area contributed by atoms with Crippen LogP contribution < -0.4 is 0 Å². The standard InChI is InChI=1S/C16H19N5/c1-3-14-19-15(4-2)21(20-14)16-12(10-17)9-11-7-5-6-8-13(11)18-16/h9H,3-8H2,1-2H3. The van der Waals surface area contributed by atoms with Crippen molar-refractivity contribution in [2.75, 3.05) is 0 Å². The molecule has 2 heterocycles. The van der Waals surface area contributed by atoms with Crippen LogP contribution in [0.5, 0.6) is 0 Å². The lowest BCUT2D eigenvalue weighted by atomic mass is 9.95. The van der Waals surface area contributed by atoms with Gasteiger partial charge in [0.05, 0.1) is 5.56 Å². The molecule has 0 spiro atoms. The van der Waals surface area contributed by atoms with E-state index in [1.165, 1.54) is 18.4 Å². The van der Waals surface area contributed by atoms with E-state index in [0.29, 0.717) is 11.4 Å². The number of fused-ring (bicyclic) bond motifs is 1. The summed E-state index contributed by atoms with van der Waals surface area (Å²) in [5.74, 6) is 2.31. The fourth-order valence-electron chi connectivity index (χ4n) is 2.81. The van der Waals surface area contributed by atoms with Crippen molar-refractivity contribution >= 4 is 0 Å². The third-order valence-corrected chi connectivity index (χ3v) is 3.95. The molecule has 0 unspecified atom stereocenters. The molecule has 21 heavy (non-hydrogen) atoms. The molecule has 1 aliphatic carbocycles. The molecule has 5 heteroatoms. The first kappa shape index (κ1) is 13.7. The highest BCUT2D eigenvalue weighted by atomic mass is 15.4. The number of aryl methyl sites for hydroxylation is 4. The molecule has 0 saturated carbocycles. The number of rotatable bonds is 3. The number of hydrogen-bond acceptors (Lipinski definition) is 4. The molecule has 1 aliphatic rings. The predicted molar refractivity (Wildman–Crippen MR) is 79.3 cm³/mol. The van der Waals surface area contributed by atoms with Crippen molar-refractivity contribution in [2.45, 2.75) is 52.4 Å². The van der Waals surface area contributed by atoms with E-state index in [-0.39, 0.29) is 0 Å². The Bertz CT molecular complexity index is 708. The highest BCUT2D eigenvalue weighted by Crippen LogP contribution is 2.24. The van der Waals surface area contributed by atoms with Crippen molar-refractivity contribution in [1.29, 1.82) is 5.26 Å². The lowest BCUT2D eigenvalue weighted by Gasteiger charge is -2.17. The Labute approximate surface area is 124 Å². The topological polar surface area (TPSA) is 67.4 Å². The van der Waals surface area contributed by atoms with E-state index >= 15 is 0 Å². The van der Waals surface area contributed by atoms with E-state index in [4.69, 9.17) is 4.98 Å². The molecule has 0 atom stereocenters. The number of nitriles is 1. The van der Waals surface area contributed by atoms with Gasteiger partial charge in [-0.2, -0.15) is 9.94 Å². The van der Waals surface area contributed by atoms with Crippen LogP contribution in [0.2, 0.25) is 0 Å². The zero-order valence-corrected chi connectivity index (χ0v) is 12.6. The molecule has 0 saturated heterocycles. The molecule has 0 aliphatic heterocycles. The average Bonchev–Trinajstić information content (AvgIpc) is 2.96. The largest absolute Gasteiger partial charge is 0.232 e. The zero-order chi connectivity index (χ0) is 14.8. The molecule has 2 aromatic rings. The lowest BCUT2D eigenvalue weighted by Crippen LogP contribution is -2.13. The van der Waals surface area contributed by atoms with Crippen molar-refractivity contribution in [3.8, 4) is 11.9 Å². The van der Waals surface area contributed by atoms with Gasteiger partial charge < -0.3 is 0 Å². The third kappa shape index (κ3) is 2.42. The molecule has 0 radical (unpaired) electrons. The Balaban J connectivity index is 2.17. The molecule has 0 amide bonds. The number of aromatic nitrogens is 4. The Kier molecular flexibility index (Phi) is 3.70. The van der Waals surface area contributed by atoms with E-state index in [0.717, 1.165) is 43.0 Å². The van der Waals surface area contributed by atoms with E-state index in [1.807, 2.05) is 19.9 Å². The highest BCUT2D eigenvalue weighted by molar-refractivity contribution is 5.47. The second kappa shape index (κ2) is 5.65. The molecule has 0 N–H and O–H groups in total. The minimum atomic E-state index is 0.595. The Hall–Kier alpha value is -2.22. The van der Waals surface area contributed by atoms with Gasteiger partial charge in [0, 0.05) is 18.5 Å². The molecule has 2 aromatic heterocycles. The lowest BCUT2D eigenvalue weighted by molar-refractivity contribution is 0.658. The summed E-state index contributed by atoms with van der Waals surface area (Å²) >= 11 is 0. The quantitative estimate of drug-likeness (QED) is 0.867. The first-order chi connectivity index (χ1) is 10.3. The van der Waals surface area contributed by atoms with Gasteiger partial charge in [-0.1, -0.05) is 13.8 Å². The third-order valence-electron chi connectivity index (χ3n) is 3.95. The van der Waals surface area contributed by atoms with Crippen LogP contribution in [0.25, 0.3) is 5.82 Å². The van der Waals surface area contributed by atoms with Gasteiger partial charge in [0.1, 0.15) is 11.9 Å². The number of pyridine rings is 1.